The molecule has 8 nitrogen and oxygen atoms in total. The van der Waals surface area contributed by atoms with Crippen molar-refractivity contribution in [1.82, 2.24) is 19.8 Å². The summed E-state index contributed by atoms with van der Waals surface area (Å²) in [6, 6.07) is 8.42. The van der Waals surface area contributed by atoms with E-state index >= 15 is 0 Å². The van der Waals surface area contributed by atoms with Crippen LogP contribution >= 0.6 is 0 Å². The lowest BCUT2D eigenvalue weighted by atomic mass is 9.70. The van der Waals surface area contributed by atoms with Gasteiger partial charge in [0.25, 0.3) is 5.91 Å². The summed E-state index contributed by atoms with van der Waals surface area (Å²) >= 11 is 0. The van der Waals surface area contributed by atoms with Gasteiger partial charge in [0.2, 0.25) is 5.91 Å². The first kappa shape index (κ1) is 23.1. The molecule has 2 amide bonds. The van der Waals surface area contributed by atoms with Crippen molar-refractivity contribution in [2.75, 3.05) is 19.6 Å². The second-order valence-corrected chi connectivity index (χ2v) is 10.3. The molecule has 0 saturated heterocycles. The van der Waals surface area contributed by atoms with Gasteiger partial charge in [0, 0.05) is 45.3 Å². The fourth-order valence-electron chi connectivity index (χ4n) is 6.24. The summed E-state index contributed by atoms with van der Waals surface area (Å²) < 4.78 is 2.02. The number of amides is 2. The number of hydrogen-bond donors (Lipinski definition) is 3. The van der Waals surface area contributed by atoms with Crippen molar-refractivity contribution < 1.29 is 14.7 Å². The highest BCUT2D eigenvalue weighted by molar-refractivity contribution is 5.92. The van der Waals surface area contributed by atoms with E-state index in [1.54, 1.807) is 6.20 Å². The minimum Gasteiger partial charge on any atom is -0.390 e. The molecule has 3 aliphatic rings. The number of benzene rings is 1. The average molecular weight is 466 g/mol. The van der Waals surface area contributed by atoms with Crippen LogP contribution in [-0.4, -0.2) is 57.1 Å². The highest BCUT2D eigenvalue weighted by atomic mass is 16.3. The van der Waals surface area contributed by atoms with Crippen LogP contribution in [0.5, 0.6) is 0 Å². The molecular formula is C26H35N5O3. The number of carbonyl (C=O) groups excluding carboxylic acids is 2. The summed E-state index contributed by atoms with van der Waals surface area (Å²) in [5.41, 5.74) is 8.48. The van der Waals surface area contributed by atoms with E-state index in [1.165, 1.54) is 11.1 Å². The number of fused-ring (bicyclic) bond motifs is 2. The Morgan fingerprint density at radius 1 is 1.21 bits per heavy atom. The Bertz CT molecular complexity index is 1060. The van der Waals surface area contributed by atoms with E-state index in [2.05, 4.69) is 33.4 Å². The molecular weight excluding hydrogens is 430 g/mol. The summed E-state index contributed by atoms with van der Waals surface area (Å²) in [7, 11) is 0. The molecule has 34 heavy (non-hydrogen) atoms. The molecule has 2 atom stereocenters. The predicted octanol–water partition coefficient (Wildman–Crippen LogP) is 1.64. The molecule has 2 aromatic rings. The van der Waals surface area contributed by atoms with Crippen LogP contribution in [0.1, 0.15) is 59.5 Å². The Morgan fingerprint density at radius 3 is 2.74 bits per heavy atom. The van der Waals surface area contributed by atoms with Gasteiger partial charge in [0.05, 0.1) is 11.5 Å². The standard InChI is InChI=1S/C26H35N5O3/c27-25(34)26(10-3-4-11-26)20-7-8-23-29-22(17-31(23)15-20)24(33)28-13-21(32)16-30-12-9-18-5-1-2-6-19(18)14-30/h1-2,5-6,17,20-21,32H,3-4,7-16H2,(H2,27,34)(H,28,33)/t20?,21-/m0/s1. The van der Waals surface area contributed by atoms with Crippen LogP contribution in [0, 0.1) is 11.3 Å². The minimum absolute atomic E-state index is 0.178. The molecule has 3 heterocycles. The Labute approximate surface area is 200 Å². The van der Waals surface area contributed by atoms with Gasteiger partial charge in [-0.3, -0.25) is 14.5 Å². The fourth-order valence-corrected chi connectivity index (χ4v) is 6.24. The molecule has 1 fully saturated rings. The van der Waals surface area contributed by atoms with E-state index in [4.69, 9.17) is 5.73 Å². The molecule has 0 radical (unpaired) electrons. The van der Waals surface area contributed by atoms with E-state index in [0.717, 1.165) is 63.9 Å². The SMILES string of the molecule is NC(=O)C1(C2CCc3nc(C(=O)NC[C@H](O)CN4CCc5ccccc5C4)cn3C2)CCCC1. The van der Waals surface area contributed by atoms with Crippen molar-refractivity contribution in [1.29, 1.82) is 0 Å². The van der Waals surface area contributed by atoms with E-state index in [0.29, 0.717) is 18.8 Å². The number of aliphatic hydroxyl groups is 1. The number of nitrogens with zero attached hydrogens (tertiary/aromatic N) is 3. The number of imidazole rings is 1. The van der Waals surface area contributed by atoms with Gasteiger partial charge in [-0.25, -0.2) is 4.98 Å². The first-order chi connectivity index (χ1) is 16.4. The number of carbonyl (C=O) groups is 2. The van der Waals surface area contributed by atoms with Gasteiger partial charge in [0.1, 0.15) is 11.5 Å². The highest BCUT2D eigenvalue weighted by Crippen LogP contribution is 2.47. The molecule has 1 unspecified atom stereocenters. The smallest absolute Gasteiger partial charge is 0.271 e. The molecule has 4 N–H and O–H groups in total. The lowest BCUT2D eigenvalue weighted by Crippen LogP contribution is -2.44. The average Bonchev–Trinajstić information content (AvgIpc) is 3.50. The second-order valence-electron chi connectivity index (χ2n) is 10.3. The zero-order chi connectivity index (χ0) is 23.7. The molecule has 5 rings (SSSR count). The Balaban J connectivity index is 1.15. The summed E-state index contributed by atoms with van der Waals surface area (Å²) in [6.45, 7) is 3.11. The maximum Gasteiger partial charge on any atom is 0.271 e. The van der Waals surface area contributed by atoms with Crippen LogP contribution < -0.4 is 11.1 Å². The highest BCUT2D eigenvalue weighted by Gasteiger charge is 2.47. The molecule has 182 valence electrons. The van der Waals surface area contributed by atoms with Crippen LogP contribution in [0.2, 0.25) is 0 Å². The van der Waals surface area contributed by atoms with Crippen LogP contribution in [0.15, 0.2) is 30.5 Å². The predicted molar refractivity (Wildman–Crippen MR) is 128 cm³/mol. The van der Waals surface area contributed by atoms with Gasteiger partial charge in [-0.05, 0) is 42.7 Å². The molecule has 2 aliphatic heterocycles. The lowest BCUT2D eigenvalue weighted by molar-refractivity contribution is -0.131. The first-order valence-corrected chi connectivity index (χ1v) is 12.6. The number of primary amides is 1. The number of aromatic nitrogens is 2. The number of rotatable bonds is 7. The number of nitrogens with one attached hydrogen (secondary N) is 1. The third kappa shape index (κ3) is 4.49. The number of hydrogen-bond acceptors (Lipinski definition) is 5. The molecule has 1 saturated carbocycles. The van der Waals surface area contributed by atoms with Gasteiger partial charge in [-0.15, -0.1) is 0 Å². The van der Waals surface area contributed by atoms with Crippen LogP contribution in [0.25, 0.3) is 0 Å². The number of β-amino-alcohol motifs (C(OH)–C–C–N with tert-alkyl or cyclic N) is 1. The summed E-state index contributed by atoms with van der Waals surface area (Å²) in [6.07, 6.45) is 7.57. The van der Waals surface area contributed by atoms with E-state index < -0.39 is 11.5 Å². The van der Waals surface area contributed by atoms with Gasteiger partial charge in [-0.2, -0.15) is 0 Å². The van der Waals surface area contributed by atoms with Crippen molar-refractivity contribution in [2.24, 2.45) is 17.1 Å². The fraction of sp³-hybridized carbons (Fsp3) is 0.577. The lowest BCUT2D eigenvalue weighted by Gasteiger charge is -2.37. The Hall–Kier alpha value is -2.71. The van der Waals surface area contributed by atoms with Crippen molar-refractivity contribution in [3.8, 4) is 0 Å². The quantitative estimate of drug-likeness (QED) is 0.575. The van der Waals surface area contributed by atoms with Gasteiger partial charge < -0.3 is 20.7 Å². The molecule has 1 aromatic heterocycles. The molecule has 1 aliphatic carbocycles. The monoisotopic (exact) mass is 465 g/mol. The van der Waals surface area contributed by atoms with Crippen molar-refractivity contribution in [3.63, 3.8) is 0 Å². The normalized spacial score (nSPS) is 22.6. The number of nitrogens with two attached hydrogens (primary N) is 1. The zero-order valence-electron chi connectivity index (χ0n) is 19.7. The summed E-state index contributed by atoms with van der Waals surface area (Å²) in [5.74, 6) is 0.628. The van der Waals surface area contributed by atoms with Crippen LogP contribution in [-0.2, 0) is 30.7 Å². The first-order valence-electron chi connectivity index (χ1n) is 12.6. The largest absolute Gasteiger partial charge is 0.390 e. The van der Waals surface area contributed by atoms with E-state index in [-0.39, 0.29) is 24.3 Å². The van der Waals surface area contributed by atoms with Crippen molar-refractivity contribution in [3.05, 3.63) is 53.1 Å². The summed E-state index contributed by atoms with van der Waals surface area (Å²) in [5, 5.41) is 13.4. The van der Waals surface area contributed by atoms with Gasteiger partial charge in [-0.1, -0.05) is 37.1 Å². The molecule has 0 bridgehead atoms. The minimum atomic E-state index is -0.645. The molecule has 8 heteroatoms. The Kier molecular flexibility index (Phi) is 6.44. The molecule has 0 spiro atoms. The maximum atomic E-state index is 12.7. The van der Waals surface area contributed by atoms with Gasteiger partial charge in [0.15, 0.2) is 0 Å². The number of aliphatic hydroxyl groups excluding tert-OH is 1. The van der Waals surface area contributed by atoms with Crippen molar-refractivity contribution in [2.45, 2.75) is 64.1 Å². The second kappa shape index (κ2) is 9.50. The van der Waals surface area contributed by atoms with Crippen LogP contribution in [0.4, 0.5) is 0 Å². The topological polar surface area (TPSA) is 113 Å². The van der Waals surface area contributed by atoms with Gasteiger partial charge >= 0.3 is 0 Å². The third-order valence-corrected chi connectivity index (χ3v) is 8.17. The van der Waals surface area contributed by atoms with Crippen molar-refractivity contribution >= 4 is 11.8 Å². The Morgan fingerprint density at radius 2 is 1.97 bits per heavy atom. The zero-order valence-corrected chi connectivity index (χ0v) is 19.7. The van der Waals surface area contributed by atoms with E-state index in [1.807, 2.05) is 10.6 Å². The third-order valence-electron chi connectivity index (χ3n) is 8.17. The van der Waals surface area contributed by atoms with Crippen LogP contribution in [0.3, 0.4) is 0 Å². The summed E-state index contributed by atoms with van der Waals surface area (Å²) in [4.78, 5) is 31.8. The van der Waals surface area contributed by atoms with E-state index in [9.17, 15) is 14.7 Å². The number of aryl methyl sites for hydroxylation is 1. The molecule has 1 aromatic carbocycles. The maximum absolute atomic E-state index is 12.7.